The number of amides is 2. The molecule has 0 aromatic heterocycles. The molecule has 0 unspecified atom stereocenters. The summed E-state index contributed by atoms with van der Waals surface area (Å²) in [6.45, 7) is 3.76. The molecule has 9 heteroatoms. The van der Waals surface area contributed by atoms with E-state index in [-0.39, 0.29) is 11.8 Å². The molecule has 1 saturated heterocycles. The number of hydrogen-bond acceptors (Lipinski definition) is 4. The smallest absolute Gasteiger partial charge is 0.315 e. The number of carbonyl (C=O) groups excluding carboxylic acids is 1. The molecule has 2 rings (SSSR count). The highest BCUT2D eigenvalue weighted by molar-refractivity contribution is 7.88. The van der Waals surface area contributed by atoms with Gasteiger partial charge in [-0.1, -0.05) is 12.1 Å². The first-order chi connectivity index (χ1) is 11.3. The quantitative estimate of drug-likeness (QED) is 0.761. The van der Waals surface area contributed by atoms with Crippen molar-refractivity contribution in [3.05, 3.63) is 35.6 Å². The summed E-state index contributed by atoms with van der Waals surface area (Å²) in [6, 6.07) is 5.67. The molecule has 1 fully saturated rings. The van der Waals surface area contributed by atoms with E-state index in [1.165, 1.54) is 22.7 Å². The zero-order chi connectivity index (χ0) is 17.6. The van der Waals surface area contributed by atoms with Crippen LogP contribution in [-0.4, -0.2) is 69.2 Å². The zero-order valence-corrected chi connectivity index (χ0v) is 14.5. The van der Waals surface area contributed by atoms with Gasteiger partial charge >= 0.3 is 6.03 Å². The number of hydrogen-bond donors (Lipinski definition) is 2. The second-order valence-electron chi connectivity index (χ2n) is 5.74. The number of rotatable bonds is 6. The molecule has 1 aliphatic rings. The maximum atomic E-state index is 12.8. The van der Waals surface area contributed by atoms with Gasteiger partial charge in [-0.05, 0) is 17.7 Å². The minimum absolute atomic E-state index is 0.283. The van der Waals surface area contributed by atoms with E-state index in [9.17, 15) is 17.6 Å². The number of nitrogens with one attached hydrogen (secondary N) is 2. The normalized spacial score (nSPS) is 16.8. The van der Waals surface area contributed by atoms with Crippen LogP contribution in [0.25, 0.3) is 0 Å². The molecule has 1 aliphatic heterocycles. The summed E-state index contributed by atoms with van der Waals surface area (Å²) >= 11 is 0. The van der Waals surface area contributed by atoms with Gasteiger partial charge in [0.25, 0.3) is 0 Å². The van der Waals surface area contributed by atoms with Gasteiger partial charge in [0, 0.05) is 45.8 Å². The average Bonchev–Trinajstić information content (AvgIpc) is 2.54. The maximum Gasteiger partial charge on any atom is 0.315 e. The van der Waals surface area contributed by atoms with Crippen LogP contribution in [0.4, 0.5) is 9.18 Å². The lowest BCUT2D eigenvalue weighted by Crippen LogP contribution is -2.50. The van der Waals surface area contributed by atoms with Crippen LogP contribution in [0.3, 0.4) is 0 Å². The van der Waals surface area contributed by atoms with Gasteiger partial charge in [0.1, 0.15) is 5.82 Å². The molecule has 2 amide bonds. The second kappa shape index (κ2) is 8.41. The monoisotopic (exact) mass is 358 g/mol. The van der Waals surface area contributed by atoms with Crippen molar-refractivity contribution in [3.63, 3.8) is 0 Å². The molecule has 0 bridgehead atoms. The summed E-state index contributed by atoms with van der Waals surface area (Å²) in [6.07, 6.45) is 1.22. The summed E-state index contributed by atoms with van der Waals surface area (Å²) < 4.78 is 37.1. The average molecular weight is 358 g/mol. The van der Waals surface area contributed by atoms with E-state index >= 15 is 0 Å². The van der Waals surface area contributed by atoms with Crippen LogP contribution in [0.1, 0.15) is 5.56 Å². The third kappa shape index (κ3) is 6.06. The molecule has 0 atom stereocenters. The third-order valence-electron chi connectivity index (χ3n) is 3.88. The molecule has 0 aliphatic carbocycles. The summed E-state index contributed by atoms with van der Waals surface area (Å²) in [5.74, 6) is -0.306. The maximum absolute atomic E-state index is 12.8. The lowest BCUT2D eigenvalue weighted by atomic mass is 10.2. The van der Waals surface area contributed by atoms with Gasteiger partial charge < -0.3 is 10.6 Å². The first kappa shape index (κ1) is 18.6. The first-order valence-corrected chi connectivity index (χ1v) is 9.63. The number of halogens is 1. The van der Waals surface area contributed by atoms with Crippen molar-refractivity contribution < 1.29 is 17.6 Å². The minimum atomic E-state index is -3.12. The number of carbonyl (C=O) groups is 1. The number of piperazine rings is 1. The van der Waals surface area contributed by atoms with Crippen molar-refractivity contribution in [1.29, 1.82) is 0 Å². The van der Waals surface area contributed by atoms with Crippen molar-refractivity contribution in [3.8, 4) is 0 Å². The van der Waals surface area contributed by atoms with Gasteiger partial charge in [0.05, 0.1) is 6.26 Å². The predicted molar refractivity (Wildman–Crippen MR) is 89.5 cm³/mol. The van der Waals surface area contributed by atoms with Gasteiger partial charge in [-0.2, -0.15) is 4.31 Å². The van der Waals surface area contributed by atoms with E-state index in [2.05, 4.69) is 15.5 Å². The SMILES string of the molecule is CS(=O)(=O)N1CCN(CCNC(=O)NCc2ccc(F)cc2)CC1. The van der Waals surface area contributed by atoms with Crippen molar-refractivity contribution in [2.24, 2.45) is 0 Å². The van der Waals surface area contributed by atoms with Crippen LogP contribution < -0.4 is 10.6 Å². The molecule has 1 aromatic carbocycles. The summed E-state index contributed by atoms with van der Waals surface area (Å²) in [7, 11) is -3.12. The van der Waals surface area contributed by atoms with E-state index < -0.39 is 10.0 Å². The molecule has 7 nitrogen and oxygen atoms in total. The Bertz CT molecular complexity index is 643. The van der Waals surface area contributed by atoms with Crippen LogP contribution in [0.2, 0.25) is 0 Å². The van der Waals surface area contributed by atoms with E-state index in [1.54, 1.807) is 12.1 Å². The Balaban J connectivity index is 1.60. The number of benzene rings is 1. The van der Waals surface area contributed by atoms with Crippen LogP contribution in [0, 0.1) is 5.82 Å². The Morgan fingerprint density at radius 2 is 1.75 bits per heavy atom. The van der Waals surface area contributed by atoms with Gasteiger partial charge in [-0.15, -0.1) is 0 Å². The lowest BCUT2D eigenvalue weighted by molar-refractivity contribution is 0.188. The van der Waals surface area contributed by atoms with Crippen molar-refractivity contribution in [1.82, 2.24) is 19.8 Å². The Morgan fingerprint density at radius 3 is 2.33 bits per heavy atom. The fraction of sp³-hybridized carbons (Fsp3) is 0.533. The predicted octanol–water partition coefficient (Wildman–Crippen LogP) is 0.202. The molecular formula is C15H23FN4O3S. The van der Waals surface area contributed by atoms with Crippen LogP contribution in [0.15, 0.2) is 24.3 Å². The van der Waals surface area contributed by atoms with E-state index in [0.29, 0.717) is 45.8 Å². The Morgan fingerprint density at radius 1 is 1.12 bits per heavy atom. The van der Waals surface area contributed by atoms with E-state index in [4.69, 9.17) is 0 Å². The fourth-order valence-electron chi connectivity index (χ4n) is 2.46. The summed E-state index contributed by atoms with van der Waals surface area (Å²) in [4.78, 5) is 13.8. The van der Waals surface area contributed by atoms with E-state index in [0.717, 1.165) is 5.56 Å². The van der Waals surface area contributed by atoms with Crippen LogP contribution in [-0.2, 0) is 16.6 Å². The first-order valence-electron chi connectivity index (χ1n) is 7.78. The second-order valence-corrected chi connectivity index (χ2v) is 7.72. The summed E-state index contributed by atoms with van der Waals surface area (Å²) in [5.41, 5.74) is 0.823. The molecule has 134 valence electrons. The van der Waals surface area contributed by atoms with Crippen molar-refractivity contribution >= 4 is 16.1 Å². The van der Waals surface area contributed by atoms with Gasteiger partial charge in [-0.25, -0.2) is 17.6 Å². The molecule has 1 aromatic rings. The highest BCUT2D eigenvalue weighted by atomic mass is 32.2. The minimum Gasteiger partial charge on any atom is -0.337 e. The third-order valence-corrected chi connectivity index (χ3v) is 5.18. The molecule has 0 spiro atoms. The standard InChI is InChI=1S/C15H23FN4O3S/c1-24(22,23)20-10-8-19(9-11-20)7-6-17-15(21)18-12-13-2-4-14(16)5-3-13/h2-5H,6-12H2,1H3,(H2,17,18,21). The number of nitrogens with zero attached hydrogens (tertiary/aromatic N) is 2. The highest BCUT2D eigenvalue weighted by Crippen LogP contribution is 2.05. The fourth-order valence-corrected chi connectivity index (χ4v) is 3.29. The number of urea groups is 1. The van der Waals surface area contributed by atoms with Gasteiger partial charge in [-0.3, -0.25) is 4.90 Å². The Kier molecular flexibility index (Phi) is 6.52. The molecule has 0 radical (unpaired) electrons. The topological polar surface area (TPSA) is 81.8 Å². The number of sulfonamides is 1. The van der Waals surface area contributed by atoms with Gasteiger partial charge in [0.15, 0.2) is 0 Å². The Labute approximate surface area is 141 Å². The molecule has 2 N–H and O–H groups in total. The zero-order valence-electron chi connectivity index (χ0n) is 13.7. The Hall–Kier alpha value is -1.71. The van der Waals surface area contributed by atoms with Crippen LogP contribution >= 0.6 is 0 Å². The molecular weight excluding hydrogens is 335 g/mol. The largest absolute Gasteiger partial charge is 0.337 e. The van der Waals surface area contributed by atoms with Crippen molar-refractivity contribution in [2.75, 3.05) is 45.5 Å². The summed E-state index contributed by atoms with van der Waals surface area (Å²) in [5, 5.41) is 5.46. The lowest BCUT2D eigenvalue weighted by Gasteiger charge is -2.33. The van der Waals surface area contributed by atoms with E-state index in [1.807, 2.05) is 0 Å². The molecule has 0 saturated carbocycles. The van der Waals surface area contributed by atoms with Crippen molar-refractivity contribution in [2.45, 2.75) is 6.54 Å². The molecule has 24 heavy (non-hydrogen) atoms. The molecule has 1 heterocycles. The highest BCUT2D eigenvalue weighted by Gasteiger charge is 2.22. The van der Waals surface area contributed by atoms with Gasteiger partial charge in [0.2, 0.25) is 10.0 Å². The van der Waals surface area contributed by atoms with Crippen LogP contribution in [0.5, 0.6) is 0 Å².